The van der Waals surface area contributed by atoms with Crippen LogP contribution in [0.25, 0.3) is 11.3 Å². The van der Waals surface area contributed by atoms with Gasteiger partial charge in [0.15, 0.2) is 0 Å². The highest BCUT2D eigenvalue weighted by Crippen LogP contribution is 2.30. The van der Waals surface area contributed by atoms with E-state index in [1.807, 2.05) is 19.2 Å². The summed E-state index contributed by atoms with van der Waals surface area (Å²) in [6, 6.07) is 6.20. The normalized spacial score (nSPS) is 10.5. The Bertz CT molecular complexity index is 545. The molecule has 0 atom stereocenters. The molecule has 0 saturated heterocycles. The number of rotatable bonds is 2. The molecule has 0 spiro atoms. The average molecular weight is 241 g/mol. The molecule has 0 amide bonds. The Hall–Kier alpha value is -1.90. The monoisotopic (exact) mass is 241 g/mol. The van der Waals surface area contributed by atoms with Crippen molar-refractivity contribution >= 4 is 5.82 Å². The van der Waals surface area contributed by atoms with Gasteiger partial charge in [0.25, 0.3) is 0 Å². The first-order valence-corrected chi connectivity index (χ1v) is 6.14. The molecule has 94 valence electrons. The second-order valence-corrected chi connectivity index (χ2v) is 4.69. The summed E-state index contributed by atoms with van der Waals surface area (Å²) in [4.78, 5) is 0. The lowest BCUT2D eigenvalue weighted by atomic mass is 9.92. The minimum atomic E-state index is 0.790. The van der Waals surface area contributed by atoms with Gasteiger partial charge in [0, 0.05) is 12.6 Å². The lowest BCUT2D eigenvalue weighted by Gasteiger charge is -2.14. The molecular weight excluding hydrogens is 222 g/mol. The Morgan fingerprint density at radius 1 is 0.889 bits per heavy atom. The SMILES string of the molecule is CNc1ccc(-c2c(C)c(C)cc(C)c2C)nn1. The van der Waals surface area contributed by atoms with Crippen molar-refractivity contribution in [3.63, 3.8) is 0 Å². The molecule has 0 saturated carbocycles. The van der Waals surface area contributed by atoms with E-state index in [9.17, 15) is 0 Å². The number of aromatic nitrogens is 2. The summed E-state index contributed by atoms with van der Waals surface area (Å²) in [5.74, 6) is 0.790. The number of hydrogen-bond acceptors (Lipinski definition) is 3. The molecule has 2 rings (SSSR count). The summed E-state index contributed by atoms with van der Waals surface area (Å²) < 4.78 is 0. The molecule has 1 N–H and O–H groups in total. The van der Waals surface area contributed by atoms with Crippen LogP contribution in [-0.4, -0.2) is 17.2 Å². The molecule has 0 unspecified atom stereocenters. The van der Waals surface area contributed by atoms with E-state index in [4.69, 9.17) is 0 Å². The van der Waals surface area contributed by atoms with Crippen LogP contribution in [0.4, 0.5) is 5.82 Å². The second kappa shape index (κ2) is 4.77. The van der Waals surface area contributed by atoms with Crippen LogP contribution in [0.3, 0.4) is 0 Å². The van der Waals surface area contributed by atoms with Gasteiger partial charge in [-0.15, -0.1) is 10.2 Å². The third kappa shape index (κ3) is 2.08. The number of aryl methyl sites for hydroxylation is 2. The molecule has 0 radical (unpaired) electrons. The lowest BCUT2D eigenvalue weighted by molar-refractivity contribution is 1.03. The first-order valence-electron chi connectivity index (χ1n) is 6.14. The minimum Gasteiger partial charge on any atom is -0.372 e. The summed E-state index contributed by atoms with van der Waals surface area (Å²) in [6.45, 7) is 8.57. The largest absolute Gasteiger partial charge is 0.372 e. The van der Waals surface area contributed by atoms with E-state index in [1.165, 1.54) is 27.8 Å². The molecule has 1 aromatic carbocycles. The zero-order chi connectivity index (χ0) is 13.3. The fourth-order valence-corrected chi connectivity index (χ4v) is 2.20. The Labute approximate surface area is 108 Å². The minimum absolute atomic E-state index is 0.790. The van der Waals surface area contributed by atoms with Crippen molar-refractivity contribution in [3.8, 4) is 11.3 Å². The Morgan fingerprint density at radius 3 is 1.94 bits per heavy atom. The number of nitrogens with zero attached hydrogens (tertiary/aromatic N) is 2. The van der Waals surface area contributed by atoms with E-state index in [1.54, 1.807) is 0 Å². The molecule has 1 heterocycles. The molecule has 1 aromatic heterocycles. The number of anilines is 1. The third-order valence-corrected chi connectivity index (χ3v) is 3.54. The average Bonchev–Trinajstić information content (AvgIpc) is 2.37. The number of hydrogen-bond donors (Lipinski definition) is 1. The summed E-state index contributed by atoms with van der Waals surface area (Å²) in [6.07, 6.45) is 0. The van der Waals surface area contributed by atoms with Gasteiger partial charge in [-0.05, 0) is 62.1 Å². The quantitative estimate of drug-likeness (QED) is 0.875. The van der Waals surface area contributed by atoms with Crippen molar-refractivity contribution in [2.75, 3.05) is 12.4 Å². The van der Waals surface area contributed by atoms with Gasteiger partial charge < -0.3 is 5.32 Å². The molecule has 0 fully saturated rings. The van der Waals surface area contributed by atoms with E-state index in [0.29, 0.717) is 0 Å². The van der Waals surface area contributed by atoms with E-state index in [-0.39, 0.29) is 0 Å². The van der Waals surface area contributed by atoms with Crippen LogP contribution >= 0.6 is 0 Å². The maximum absolute atomic E-state index is 4.31. The van der Waals surface area contributed by atoms with Gasteiger partial charge in [0.1, 0.15) is 5.82 Å². The van der Waals surface area contributed by atoms with Crippen LogP contribution in [0.15, 0.2) is 18.2 Å². The van der Waals surface area contributed by atoms with E-state index in [0.717, 1.165) is 11.5 Å². The van der Waals surface area contributed by atoms with E-state index >= 15 is 0 Å². The van der Waals surface area contributed by atoms with Crippen molar-refractivity contribution in [1.82, 2.24) is 10.2 Å². The van der Waals surface area contributed by atoms with Crippen LogP contribution in [0.1, 0.15) is 22.3 Å². The first-order chi connectivity index (χ1) is 8.54. The van der Waals surface area contributed by atoms with Gasteiger partial charge >= 0.3 is 0 Å². The van der Waals surface area contributed by atoms with Gasteiger partial charge in [-0.1, -0.05) is 6.07 Å². The molecule has 0 aliphatic carbocycles. The van der Waals surface area contributed by atoms with Gasteiger partial charge in [-0.3, -0.25) is 0 Å². The van der Waals surface area contributed by atoms with E-state index in [2.05, 4.69) is 49.3 Å². The van der Waals surface area contributed by atoms with Crippen molar-refractivity contribution in [2.24, 2.45) is 0 Å². The van der Waals surface area contributed by atoms with E-state index < -0.39 is 0 Å². The smallest absolute Gasteiger partial charge is 0.148 e. The molecular formula is C15H19N3. The fraction of sp³-hybridized carbons (Fsp3) is 0.333. The van der Waals surface area contributed by atoms with Gasteiger partial charge in [-0.2, -0.15) is 0 Å². The maximum Gasteiger partial charge on any atom is 0.148 e. The molecule has 2 aromatic rings. The van der Waals surface area contributed by atoms with Crippen LogP contribution in [0, 0.1) is 27.7 Å². The summed E-state index contributed by atoms with van der Waals surface area (Å²) in [5.41, 5.74) is 7.31. The Kier molecular flexibility index (Phi) is 3.32. The predicted octanol–water partition coefficient (Wildman–Crippen LogP) is 3.42. The zero-order valence-corrected chi connectivity index (χ0v) is 11.6. The second-order valence-electron chi connectivity index (χ2n) is 4.69. The van der Waals surface area contributed by atoms with Crippen LogP contribution in [0.5, 0.6) is 0 Å². The highest BCUT2D eigenvalue weighted by molar-refractivity contribution is 5.70. The lowest BCUT2D eigenvalue weighted by Crippen LogP contribution is -1.99. The standard InChI is InChI=1S/C15H19N3/c1-9-8-10(2)12(4)15(11(9)3)13-6-7-14(16-5)18-17-13/h6-8H,1-5H3,(H,16,18). The molecule has 0 bridgehead atoms. The van der Waals surface area contributed by atoms with Gasteiger partial charge in [-0.25, -0.2) is 0 Å². The Balaban J connectivity index is 2.62. The fourth-order valence-electron chi connectivity index (χ4n) is 2.20. The summed E-state index contributed by atoms with van der Waals surface area (Å²) in [5, 5.41) is 11.4. The summed E-state index contributed by atoms with van der Waals surface area (Å²) in [7, 11) is 1.84. The molecule has 0 aliphatic heterocycles. The highest BCUT2D eigenvalue weighted by atomic mass is 15.2. The van der Waals surface area contributed by atoms with Crippen LogP contribution in [0.2, 0.25) is 0 Å². The molecule has 18 heavy (non-hydrogen) atoms. The third-order valence-electron chi connectivity index (χ3n) is 3.54. The van der Waals surface area contributed by atoms with Crippen LogP contribution < -0.4 is 5.32 Å². The predicted molar refractivity (Wildman–Crippen MR) is 76.0 cm³/mol. The zero-order valence-electron chi connectivity index (χ0n) is 11.6. The topological polar surface area (TPSA) is 37.8 Å². The number of nitrogens with one attached hydrogen (secondary N) is 1. The number of benzene rings is 1. The van der Waals surface area contributed by atoms with Crippen molar-refractivity contribution in [2.45, 2.75) is 27.7 Å². The van der Waals surface area contributed by atoms with Crippen molar-refractivity contribution in [3.05, 3.63) is 40.5 Å². The molecule has 3 heteroatoms. The molecule has 3 nitrogen and oxygen atoms in total. The van der Waals surface area contributed by atoms with Crippen molar-refractivity contribution in [1.29, 1.82) is 0 Å². The molecule has 0 aliphatic rings. The van der Waals surface area contributed by atoms with Crippen molar-refractivity contribution < 1.29 is 0 Å². The first kappa shape index (κ1) is 12.6. The van der Waals surface area contributed by atoms with Gasteiger partial charge in [0.2, 0.25) is 0 Å². The highest BCUT2D eigenvalue weighted by Gasteiger charge is 2.11. The Morgan fingerprint density at radius 2 is 1.50 bits per heavy atom. The maximum atomic E-state index is 4.31. The van der Waals surface area contributed by atoms with Crippen LogP contribution in [-0.2, 0) is 0 Å². The van der Waals surface area contributed by atoms with Gasteiger partial charge in [0.05, 0.1) is 5.69 Å². The summed E-state index contributed by atoms with van der Waals surface area (Å²) >= 11 is 0.